The molecule has 5 rings (SSSR count). The van der Waals surface area contributed by atoms with Crippen LogP contribution in [0.3, 0.4) is 0 Å². The first kappa shape index (κ1) is 25.0. The second-order valence-electron chi connectivity index (χ2n) is 7.90. The van der Waals surface area contributed by atoms with Crippen molar-refractivity contribution in [2.45, 2.75) is 11.8 Å². The summed E-state index contributed by atoms with van der Waals surface area (Å²) < 4.78 is 42.5. The van der Waals surface area contributed by atoms with Gasteiger partial charge in [-0.3, -0.25) is 9.55 Å². The summed E-state index contributed by atoms with van der Waals surface area (Å²) in [4.78, 5) is 22.8. The van der Waals surface area contributed by atoms with E-state index in [9.17, 15) is 8.42 Å². The first-order chi connectivity index (χ1) is 18.3. The maximum absolute atomic E-state index is 11.9. The summed E-state index contributed by atoms with van der Waals surface area (Å²) in [6, 6.07) is 13.4. The number of hydrogen-bond acceptors (Lipinski definition) is 10. The first-order valence-electron chi connectivity index (χ1n) is 11.4. The Labute approximate surface area is 218 Å². The van der Waals surface area contributed by atoms with Crippen LogP contribution in [0.4, 0.5) is 0 Å². The molecular weight excluding hydrogens is 510 g/mol. The minimum Gasteiger partial charge on any atom is -0.494 e. The molecule has 4 aromatic heterocycles. The molecule has 2 N–H and O–H groups in total. The molecule has 5 aromatic rings. The molecule has 0 radical (unpaired) electrons. The van der Waals surface area contributed by atoms with Crippen LogP contribution in [-0.4, -0.2) is 58.7 Å². The zero-order chi connectivity index (χ0) is 26.9. The van der Waals surface area contributed by atoms with Crippen LogP contribution in [0, 0.1) is 0 Å². The third-order valence-electron chi connectivity index (χ3n) is 5.56. The molecule has 0 aliphatic carbocycles. The summed E-state index contributed by atoms with van der Waals surface area (Å²) in [5.74, 6) is 1.83. The first-order valence-corrected chi connectivity index (χ1v) is 12.9. The number of nitrogens with two attached hydrogens (primary N) is 1. The minimum atomic E-state index is -3.94. The van der Waals surface area contributed by atoms with E-state index in [1.54, 1.807) is 49.1 Å². The average molecular weight is 534 g/mol. The molecule has 0 atom stereocenters. The Morgan fingerprint density at radius 2 is 1.63 bits per heavy atom. The van der Waals surface area contributed by atoms with Crippen LogP contribution in [0.2, 0.25) is 0 Å². The average Bonchev–Trinajstić information content (AvgIpc) is 3.31. The second-order valence-corrected chi connectivity index (χ2v) is 9.46. The molecule has 4 heterocycles. The number of pyridine rings is 2. The van der Waals surface area contributed by atoms with E-state index in [1.165, 1.54) is 24.5 Å². The fraction of sp³-hybridized carbons (Fsp3) is 0.160. The van der Waals surface area contributed by atoms with Crippen molar-refractivity contribution < 1.29 is 22.6 Å². The van der Waals surface area contributed by atoms with Gasteiger partial charge in [0.05, 0.1) is 37.6 Å². The van der Waals surface area contributed by atoms with Crippen molar-refractivity contribution >= 4 is 21.3 Å². The van der Waals surface area contributed by atoms with Crippen molar-refractivity contribution in [2.24, 2.45) is 5.14 Å². The zero-order valence-electron chi connectivity index (χ0n) is 20.7. The number of ether oxygens (including phenoxy) is 3. The Morgan fingerprint density at radius 1 is 0.895 bits per heavy atom. The number of fused-ring (bicyclic) bond motifs is 1. The van der Waals surface area contributed by atoms with Gasteiger partial charge < -0.3 is 14.2 Å². The quantitative estimate of drug-likeness (QED) is 0.314. The van der Waals surface area contributed by atoms with Crippen molar-refractivity contribution in [1.82, 2.24) is 29.5 Å². The van der Waals surface area contributed by atoms with Gasteiger partial charge in [0, 0.05) is 12.3 Å². The van der Waals surface area contributed by atoms with Crippen molar-refractivity contribution in [3.05, 3.63) is 60.9 Å². The van der Waals surface area contributed by atoms with Gasteiger partial charge in [-0.05, 0) is 37.3 Å². The number of primary sulfonamides is 1. The Balaban J connectivity index is 1.82. The third-order valence-corrected chi connectivity index (χ3v) is 6.47. The van der Waals surface area contributed by atoms with E-state index in [1.807, 2.05) is 13.0 Å². The highest BCUT2D eigenvalue weighted by atomic mass is 32.2. The van der Waals surface area contributed by atoms with E-state index in [0.29, 0.717) is 58.2 Å². The number of hydrogen-bond donors (Lipinski definition) is 1. The van der Waals surface area contributed by atoms with E-state index in [2.05, 4.69) is 15.0 Å². The lowest BCUT2D eigenvalue weighted by atomic mass is 10.2. The van der Waals surface area contributed by atoms with Gasteiger partial charge >= 0.3 is 0 Å². The van der Waals surface area contributed by atoms with Gasteiger partial charge in [-0.1, -0.05) is 12.1 Å². The number of sulfonamides is 1. The van der Waals surface area contributed by atoms with Crippen LogP contribution in [-0.2, 0) is 10.0 Å². The predicted molar refractivity (Wildman–Crippen MR) is 139 cm³/mol. The Hall–Kier alpha value is -4.62. The van der Waals surface area contributed by atoms with Crippen LogP contribution in [0.25, 0.3) is 39.9 Å². The Morgan fingerprint density at radius 3 is 2.32 bits per heavy atom. The van der Waals surface area contributed by atoms with Crippen LogP contribution in [0.1, 0.15) is 6.92 Å². The third kappa shape index (κ3) is 4.60. The van der Waals surface area contributed by atoms with E-state index >= 15 is 0 Å². The number of methoxy groups -OCH3 is 2. The normalized spacial score (nSPS) is 11.5. The monoisotopic (exact) mass is 533 g/mol. The number of rotatable bonds is 8. The maximum Gasteiger partial charge on any atom is 0.238 e. The standard InChI is InChI=1S/C25H23N7O5S/c1-4-37-21-10-5-7-16(29-21)24-31-23-25(32(24)22-19(35-2)8-6-9-20(22)36-3)30-18(14-28-23)17-13-15(11-12-27-17)38(26,33)34/h5-14H,4H2,1-3H3,(H2,26,33,34). The van der Waals surface area contributed by atoms with Gasteiger partial charge in [0.1, 0.15) is 28.6 Å². The molecule has 0 amide bonds. The summed E-state index contributed by atoms with van der Waals surface area (Å²) in [6.45, 7) is 2.32. The lowest BCUT2D eigenvalue weighted by Gasteiger charge is -2.16. The largest absolute Gasteiger partial charge is 0.494 e. The summed E-state index contributed by atoms with van der Waals surface area (Å²) in [5, 5.41) is 5.31. The van der Waals surface area contributed by atoms with Crippen LogP contribution in [0.15, 0.2) is 65.8 Å². The fourth-order valence-corrected chi connectivity index (χ4v) is 4.43. The molecule has 0 aliphatic rings. The van der Waals surface area contributed by atoms with E-state index in [-0.39, 0.29) is 10.6 Å². The highest BCUT2D eigenvalue weighted by Gasteiger charge is 2.24. The molecule has 0 bridgehead atoms. The SMILES string of the molecule is CCOc1cccc(-c2nc3ncc(-c4cc(S(N)(=O)=O)ccn4)nc3n2-c2c(OC)cccc2OC)n1. The van der Waals surface area contributed by atoms with Gasteiger partial charge in [0.15, 0.2) is 17.1 Å². The molecule has 13 heteroatoms. The molecule has 1 aromatic carbocycles. The maximum atomic E-state index is 11.9. The lowest BCUT2D eigenvalue weighted by molar-refractivity contribution is 0.327. The Kier molecular flexibility index (Phi) is 6.61. The smallest absolute Gasteiger partial charge is 0.238 e. The molecule has 0 saturated heterocycles. The fourth-order valence-electron chi connectivity index (χ4n) is 3.91. The summed E-state index contributed by atoms with van der Waals surface area (Å²) in [5.41, 5.74) is 2.25. The number of para-hydroxylation sites is 1. The van der Waals surface area contributed by atoms with Crippen LogP contribution < -0.4 is 19.3 Å². The molecule has 0 fully saturated rings. The van der Waals surface area contributed by atoms with Gasteiger partial charge in [0.2, 0.25) is 15.9 Å². The molecule has 12 nitrogen and oxygen atoms in total. The number of imidazole rings is 1. The van der Waals surface area contributed by atoms with Crippen LogP contribution in [0.5, 0.6) is 17.4 Å². The highest BCUT2D eigenvalue weighted by Crippen LogP contribution is 2.38. The highest BCUT2D eigenvalue weighted by molar-refractivity contribution is 7.89. The van der Waals surface area contributed by atoms with Crippen molar-refractivity contribution in [2.75, 3.05) is 20.8 Å². The molecule has 194 valence electrons. The molecule has 38 heavy (non-hydrogen) atoms. The minimum absolute atomic E-state index is 0.0954. The van der Waals surface area contributed by atoms with E-state index < -0.39 is 10.0 Å². The van der Waals surface area contributed by atoms with Gasteiger partial charge in [-0.25, -0.2) is 33.5 Å². The Bertz CT molecular complexity index is 1730. The van der Waals surface area contributed by atoms with Crippen molar-refractivity contribution in [1.29, 1.82) is 0 Å². The van der Waals surface area contributed by atoms with E-state index in [4.69, 9.17) is 29.3 Å². The number of benzene rings is 1. The van der Waals surface area contributed by atoms with Gasteiger partial charge in [0.25, 0.3) is 0 Å². The molecule has 0 spiro atoms. The number of aromatic nitrogens is 6. The van der Waals surface area contributed by atoms with Gasteiger partial charge in [-0.15, -0.1) is 0 Å². The van der Waals surface area contributed by atoms with Crippen molar-refractivity contribution in [3.63, 3.8) is 0 Å². The lowest BCUT2D eigenvalue weighted by Crippen LogP contribution is -2.12. The summed E-state index contributed by atoms with van der Waals surface area (Å²) in [6.07, 6.45) is 2.80. The predicted octanol–water partition coefficient (Wildman–Crippen LogP) is 3.00. The second kappa shape index (κ2) is 10.0. The molecule has 0 unspecified atom stereocenters. The summed E-state index contributed by atoms with van der Waals surface area (Å²) in [7, 11) is -0.852. The topological polar surface area (TPSA) is 157 Å². The number of nitrogens with zero attached hydrogens (tertiary/aromatic N) is 6. The molecule has 0 saturated carbocycles. The molecular formula is C25H23N7O5S. The molecule has 0 aliphatic heterocycles. The summed E-state index contributed by atoms with van der Waals surface area (Å²) >= 11 is 0. The van der Waals surface area contributed by atoms with Gasteiger partial charge in [-0.2, -0.15) is 0 Å². The zero-order valence-corrected chi connectivity index (χ0v) is 21.5. The van der Waals surface area contributed by atoms with E-state index in [0.717, 1.165) is 0 Å². The van der Waals surface area contributed by atoms with Crippen molar-refractivity contribution in [3.8, 4) is 46.0 Å². The van der Waals surface area contributed by atoms with Crippen LogP contribution >= 0.6 is 0 Å².